The standard InChI is InChI=1S/C23H17F2IN3O3/c24-16-5-1-14(2-6-16)11-26-22(31)18-13-28-9-10-29(12-15-3-7-17(25)8-4-15)23(32)20(28)21(30)19(18)27/h1-10,13,27,30H,11-12H2/q-1. The molecule has 0 saturated carbocycles. The maximum absolute atomic E-state index is 13.1. The van der Waals surface area contributed by atoms with Gasteiger partial charge in [0, 0.05) is 0 Å². The molecule has 0 bridgehead atoms. The molecule has 0 aliphatic heterocycles. The predicted molar refractivity (Wildman–Crippen MR) is 109 cm³/mol. The summed E-state index contributed by atoms with van der Waals surface area (Å²) >= 11 is -1.06. The molecule has 4 rings (SSSR count). The summed E-state index contributed by atoms with van der Waals surface area (Å²) in [6, 6.07) is 11.6. The average Bonchev–Trinajstić information content (AvgIpc) is 2.78. The van der Waals surface area contributed by atoms with E-state index in [1.807, 2.05) is 0 Å². The van der Waals surface area contributed by atoms with Crippen molar-refractivity contribution in [2.75, 3.05) is 0 Å². The fourth-order valence-electron chi connectivity index (χ4n) is 3.17. The number of alkyl halides is 1. The molecular formula is C23H17F2IN3O3-. The van der Waals surface area contributed by atoms with Crippen LogP contribution in [0.25, 0.3) is 5.52 Å². The van der Waals surface area contributed by atoms with E-state index in [9.17, 15) is 23.5 Å². The Morgan fingerprint density at radius 3 is 2.19 bits per heavy atom. The summed E-state index contributed by atoms with van der Waals surface area (Å²) < 4.78 is 29.0. The van der Waals surface area contributed by atoms with Crippen LogP contribution in [0.2, 0.25) is 0 Å². The van der Waals surface area contributed by atoms with Crippen molar-refractivity contribution in [1.82, 2.24) is 8.97 Å². The summed E-state index contributed by atoms with van der Waals surface area (Å²) in [6.07, 6.45) is 4.41. The Morgan fingerprint density at radius 1 is 0.969 bits per heavy atom. The van der Waals surface area contributed by atoms with Gasteiger partial charge in [-0.05, 0) is 0 Å². The molecule has 0 radical (unpaired) electrons. The zero-order valence-corrected chi connectivity index (χ0v) is 18.7. The Bertz CT molecular complexity index is 1430. The number of halogens is 3. The Kier molecular flexibility index (Phi) is 6.17. The van der Waals surface area contributed by atoms with Crippen LogP contribution < -0.4 is 32.1 Å². The van der Waals surface area contributed by atoms with Crippen LogP contribution in [-0.2, 0) is 11.0 Å². The number of carbonyl (C=O) groups is 1. The van der Waals surface area contributed by atoms with Gasteiger partial charge < -0.3 is 0 Å². The summed E-state index contributed by atoms with van der Waals surface area (Å²) in [6.45, 7) is 0.159. The van der Waals surface area contributed by atoms with Gasteiger partial charge >= 0.3 is 187 Å². The van der Waals surface area contributed by atoms with Gasteiger partial charge in [-0.25, -0.2) is 4.39 Å². The topological polar surface area (TPSA) is 87.6 Å². The van der Waals surface area contributed by atoms with Gasteiger partial charge in [0.2, 0.25) is 0 Å². The molecule has 0 saturated heterocycles. The molecule has 164 valence electrons. The van der Waals surface area contributed by atoms with Gasteiger partial charge in [-0.15, -0.1) is 0 Å². The second kappa shape index (κ2) is 9.03. The summed E-state index contributed by atoms with van der Waals surface area (Å²) in [5.74, 6) is -1.31. The Labute approximate surface area is 191 Å². The van der Waals surface area contributed by atoms with E-state index in [1.165, 1.54) is 51.8 Å². The van der Waals surface area contributed by atoms with Crippen LogP contribution in [0.15, 0.2) is 71.9 Å². The van der Waals surface area contributed by atoms with Crippen molar-refractivity contribution in [3.63, 3.8) is 0 Å². The van der Waals surface area contributed by atoms with E-state index in [2.05, 4.69) is 0 Å². The van der Waals surface area contributed by atoms with Gasteiger partial charge in [0.15, 0.2) is 0 Å². The van der Waals surface area contributed by atoms with Crippen molar-refractivity contribution in [3.8, 4) is 5.75 Å². The third-order valence-electron chi connectivity index (χ3n) is 4.86. The van der Waals surface area contributed by atoms with Crippen LogP contribution in [0.5, 0.6) is 5.75 Å². The van der Waals surface area contributed by atoms with Crippen LogP contribution in [-0.4, -0.2) is 17.9 Å². The van der Waals surface area contributed by atoms with Crippen molar-refractivity contribution in [2.45, 2.75) is 11.0 Å². The number of hydrogen-bond acceptors (Lipinski definition) is 4. The van der Waals surface area contributed by atoms with Gasteiger partial charge in [0.1, 0.15) is 0 Å². The van der Waals surface area contributed by atoms with Crippen molar-refractivity contribution < 1.29 is 39.9 Å². The molecule has 0 fully saturated rings. The van der Waals surface area contributed by atoms with Crippen molar-refractivity contribution in [1.29, 1.82) is 5.41 Å². The first kappa shape index (κ1) is 21.9. The monoisotopic (exact) mass is 548 g/mol. The second-order valence-corrected chi connectivity index (χ2v) is 9.55. The molecule has 2 aromatic heterocycles. The van der Waals surface area contributed by atoms with Crippen LogP contribution >= 0.6 is 0 Å². The molecule has 0 aliphatic rings. The van der Waals surface area contributed by atoms with E-state index in [0.29, 0.717) is 9.99 Å². The molecule has 0 amide bonds. The van der Waals surface area contributed by atoms with Gasteiger partial charge in [0.05, 0.1) is 0 Å². The number of aromatic hydroxyl groups is 1. The second-order valence-electron chi connectivity index (χ2n) is 7.05. The molecule has 9 heteroatoms. The SMILES string of the molecule is N=c1c(C(=O)[I-]Cc2ccc(F)cc2)cn2ccn(Cc3ccc(F)cc3)c(=O)c2c1O. The van der Waals surface area contributed by atoms with Crippen LogP contribution in [0.4, 0.5) is 8.78 Å². The van der Waals surface area contributed by atoms with E-state index < -0.39 is 37.9 Å². The molecule has 2 heterocycles. The van der Waals surface area contributed by atoms with Gasteiger partial charge in [-0.1, -0.05) is 0 Å². The minimum absolute atomic E-state index is 0.0330. The summed E-state index contributed by atoms with van der Waals surface area (Å²) in [5, 5.41) is 18.4. The van der Waals surface area contributed by atoms with Crippen molar-refractivity contribution in [3.05, 3.63) is 111 Å². The molecule has 4 aromatic rings. The first-order valence-corrected chi connectivity index (χ1v) is 12.1. The fourth-order valence-corrected chi connectivity index (χ4v) is 5.28. The van der Waals surface area contributed by atoms with Gasteiger partial charge in [-0.3, -0.25) is 0 Å². The van der Waals surface area contributed by atoms with E-state index in [-0.39, 0.29) is 33.0 Å². The maximum atomic E-state index is 13.1. The van der Waals surface area contributed by atoms with Gasteiger partial charge in [-0.2, -0.15) is 0 Å². The molecule has 0 spiro atoms. The number of hydrogen-bond donors (Lipinski definition) is 2. The molecule has 0 atom stereocenters. The number of nitrogens with zero attached hydrogens (tertiary/aromatic N) is 2. The van der Waals surface area contributed by atoms with E-state index in [1.54, 1.807) is 24.3 Å². The first-order chi connectivity index (χ1) is 15.3. The van der Waals surface area contributed by atoms with Crippen molar-refractivity contribution >= 4 is 9.31 Å². The van der Waals surface area contributed by atoms with E-state index in [4.69, 9.17) is 5.41 Å². The number of carbonyl (C=O) groups excluding carboxylic acids is 1. The molecule has 0 unspecified atom stereocenters. The number of benzene rings is 2. The zero-order chi connectivity index (χ0) is 22.8. The Hall–Kier alpha value is -3.34. The molecule has 2 N–H and O–H groups in total. The van der Waals surface area contributed by atoms with Crippen LogP contribution in [0.3, 0.4) is 0 Å². The average molecular weight is 548 g/mol. The summed E-state index contributed by atoms with van der Waals surface area (Å²) in [5.41, 5.74) is 0.891. The van der Waals surface area contributed by atoms with Crippen LogP contribution in [0, 0.1) is 17.0 Å². The predicted octanol–water partition coefficient (Wildman–Crippen LogP) is 0.0420. The zero-order valence-electron chi connectivity index (χ0n) is 16.6. The number of nitrogens with one attached hydrogen (secondary N) is 1. The van der Waals surface area contributed by atoms with E-state index in [0.717, 1.165) is 5.56 Å². The third kappa shape index (κ3) is 4.47. The summed E-state index contributed by atoms with van der Waals surface area (Å²) in [4.78, 5) is 25.6. The molecule has 32 heavy (non-hydrogen) atoms. The number of rotatable bonds is 6. The first-order valence-electron chi connectivity index (χ1n) is 9.48. The molecule has 6 nitrogen and oxygen atoms in total. The van der Waals surface area contributed by atoms with Crippen LogP contribution in [0.1, 0.15) is 21.5 Å². The normalized spacial score (nSPS) is 11.2. The number of fused-ring (bicyclic) bond motifs is 1. The molecular weight excluding hydrogens is 531 g/mol. The van der Waals surface area contributed by atoms with E-state index >= 15 is 0 Å². The fraction of sp³-hybridized carbons (Fsp3) is 0.0870. The summed E-state index contributed by atoms with van der Waals surface area (Å²) in [7, 11) is 0. The molecule has 2 aromatic carbocycles. The third-order valence-corrected chi connectivity index (χ3v) is 7.40. The number of pyridine rings is 1. The quantitative estimate of drug-likeness (QED) is 0.203. The minimum atomic E-state index is -1.06. The Morgan fingerprint density at radius 2 is 1.56 bits per heavy atom. The molecule has 0 aliphatic carbocycles. The Balaban J connectivity index is 1.64. The van der Waals surface area contributed by atoms with Gasteiger partial charge in [0.25, 0.3) is 0 Å². The van der Waals surface area contributed by atoms with Crippen molar-refractivity contribution in [2.24, 2.45) is 0 Å². The number of aromatic nitrogens is 2.